The second-order valence-corrected chi connectivity index (χ2v) is 3.89. The van der Waals surface area contributed by atoms with Crippen molar-refractivity contribution >= 4 is 10.4 Å². The monoisotopic (exact) mass is 210 g/mol. The maximum Gasteiger partial charge on any atom is 0.394 e. The molecule has 0 aliphatic heterocycles. The van der Waals surface area contributed by atoms with E-state index < -0.39 is 15.9 Å². The lowest BCUT2D eigenvalue weighted by Crippen LogP contribution is -2.39. The van der Waals surface area contributed by atoms with E-state index in [-0.39, 0.29) is 5.92 Å². The second kappa shape index (κ2) is 5.14. The van der Waals surface area contributed by atoms with Gasteiger partial charge in [0.1, 0.15) is 5.54 Å². The average molecular weight is 210 g/mol. The van der Waals surface area contributed by atoms with Crippen LogP contribution in [0.4, 0.5) is 0 Å². The summed E-state index contributed by atoms with van der Waals surface area (Å²) in [6, 6.07) is 2.02. The summed E-state index contributed by atoms with van der Waals surface area (Å²) in [5.41, 5.74) is 4.84. The minimum atomic E-state index is -4.67. The molecule has 0 aliphatic rings. The molecule has 0 aromatic rings. The van der Waals surface area contributed by atoms with E-state index in [0.29, 0.717) is 0 Å². The fraction of sp³-hybridized carbons (Fsp3) is 0.833. The minimum Gasteiger partial charge on any atom is -0.313 e. The summed E-state index contributed by atoms with van der Waals surface area (Å²) in [6.45, 7) is 5.60. The third-order valence-electron chi connectivity index (χ3n) is 1.44. The van der Waals surface area contributed by atoms with Gasteiger partial charge in [-0.25, -0.2) is 0 Å². The summed E-state index contributed by atoms with van der Waals surface area (Å²) in [6.07, 6.45) is 0. The lowest BCUT2D eigenvalue weighted by Gasteiger charge is -2.18. The first kappa shape index (κ1) is 14.8. The first-order valence-corrected chi connectivity index (χ1v) is 4.80. The van der Waals surface area contributed by atoms with E-state index >= 15 is 0 Å². The Hall–Kier alpha value is -0.680. The summed E-state index contributed by atoms with van der Waals surface area (Å²) in [7, 11) is -4.67. The Morgan fingerprint density at radius 3 is 1.69 bits per heavy atom. The van der Waals surface area contributed by atoms with Crippen molar-refractivity contribution in [3.63, 3.8) is 0 Å². The van der Waals surface area contributed by atoms with E-state index in [1.807, 2.05) is 19.9 Å². The molecule has 0 heterocycles. The Morgan fingerprint density at radius 1 is 1.46 bits per heavy atom. The van der Waals surface area contributed by atoms with Crippen LogP contribution in [0.25, 0.3) is 0 Å². The van der Waals surface area contributed by atoms with Crippen molar-refractivity contribution in [3.8, 4) is 6.07 Å². The zero-order valence-corrected chi connectivity index (χ0v) is 8.54. The van der Waals surface area contributed by atoms with Crippen molar-refractivity contribution in [3.05, 3.63) is 0 Å². The van der Waals surface area contributed by atoms with Crippen molar-refractivity contribution in [2.24, 2.45) is 11.7 Å². The summed E-state index contributed by atoms with van der Waals surface area (Å²) in [5, 5.41) is 8.39. The van der Waals surface area contributed by atoms with Crippen LogP contribution in [-0.2, 0) is 10.4 Å². The predicted octanol–water partition coefficient (Wildman–Crippen LogP) is 0.231. The van der Waals surface area contributed by atoms with Crippen LogP contribution in [0.3, 0.4) is 0 Å². The van der Waals surface area contributed by atoms with E-state index in [4.69, 9.17) is 28.5 Å². The molecule has 1 atom stereocenters. The topological polar surface area (TPSA) is 124 Å². The lowest BCUT2D eigenvalue weighted by molar-refractivity contribution is 0.381. The van der Waals surface area contributed by atoms with Gasteiger partial charge in [-0.15, -0.1) is 0 Å². The molecule has 0 amide bonds. The normalized spacial score (nSPS) is 15.2. The molecule has 0 saturated heterocycles. The van der Waals surface area contributed by atoms with Gasteiger partial charge in [0.25, 0.3) is 0 Å². The van der Waals surface area contributed by atoms with Crippen LogP contribution < -0.4 is 5.73 Å². The summed E-state index contributed by atoms with van der Waals surface area (Å²) in [4.78, 5) is 0. The Bertz CT molecular complexity index is 267. The average Bonchev–Trinajstić information content (AvgIpc) is 1.83. The molecular weight excluding hydrogens is 196 g/mol. The van der Waals surface area contributed by atoms with Crippen LogP contribution in [0.1, 0.15) is 20.8 Å². The third-order valence-corrected chi connectivity index (χ3v) is 1.44. The summed E-state index contributed by atoms with van der Waals surface area (Å²) >= 11 is 0. The number of rotatable bonds is 1. The molecule has 0 saturated carbocycles. The number of nitriles is 1. The highest BCUT2D eigenvalue weighted by Gasteiger charge is 2.21. The van der Waals surface area contributed by atoms with Crippen LogP contribution in [0.15, 0.2) is 0 Å². The Balaban J connectivity index is 0. The molecule has 0 radical (unpaired) electrons. The van der Waals surface area contributed by atoms with E-state index in [1.165, 1.54) is 0 Å². The van der Waals surface area contributed by atoms with Crippen LogP contribution in [0.2, 0.25) is 0 Å². The summed E-state index contributed by atoms with van der Waals surface area (Å²) in [5.74, 6) is 0.229. The molecule has 13 heavy (non-hydrogen) atoms. The Kier molecular flexibility index (Phi) is 5.86. The lowest BCUT2D eigenvalue weighted by atomic mass is 9.92. The number of nitrogens with two attached hydrogens (primary N) is 1. The van der Waals surface area contributed by atoms with E-state index in [2.05, 4.69) is 0 Å². The van der Waals surface area contributed by atoms with Gasteiger partial charge in [0, 0.05) is 0 Å². The van der Waals surface area contributed by atoms with Gasteiger partial charge in [-0.1, -0.05) is 13.8 Å². The van der Waals surface area contributed by atoms with Gasteiger partial charge in [-0.05, 0) is 12.8 Å². The molecule has 0 aromatic heterocycles. The highest BCUT2D eigenvalue weighted by Crippen LogP contribution is 2.09. The first-order chi connectivity index (χ1) is 5.50. The molecule has 0 aromatic carbocycles. The van der Waals surface area contributed by atoms with Gasteiger partial charge in [-0.2, -0.15) is 13.7 Å². The number of hydrogen-bond acceptors (Lipinski definition) is 4. The van der Waals surface area contributed by atoms with Crippen LogP contribution in [0.5, 0.6) is 0 Å². The maximum absolute atomic E-state index is 8.74. The van der Waals surface area contributed by atoms with Crippen molar-refractivity contribution in [1.29, 1.82) is 5.26 Å². The van der Waals surface area contributed by atoms with E-state index in [1.54, 1.807) is 6.92 Å². The van der Waals surface area contributed by atoms with E-state index in [9.17, 15) is 0 Å². The molecule has 0 bridgehead atoms. The van der Waals surface area contributed by atoms with Gasteiger partial charge in [-0.3, -0.25) is 9.11 Å². The number of nitrogens with zero attached hydrogens (tertiary/aromatic N) is 1. The van der Waals surface area contributed by atoms with Gasteiger partial charge < -0.3 is 5.73 Å². The maximum atomic E-state index is 8.74. The SMILES string of the molecule is CC(C)[C@](C)(N)C#N.O=S(=O)(O)O. The van der Waals surface area contributed by atoms with Crippen LogP contribution in [-0.4, -0.2) is 23.1 Å². The smallest absolute Gasteiger partial charge is 0.313 e. The Labute approximate surface area is 77.9 Å². The quantitative estimate of drug-likeness (QED) is 0.532. The fourth-order valence-corrected chi connectivity index (χ4v) is 0.129. The fourth-order valence-electron chi connectivity index (χ4n) is 0.129. The number of hydrogen-bond donors (Lipinski definition) is 3. The predicted molar refractivity (Wildman–Crippen MR) is 47.2 cm³/mol. The highest BCUT2D eigenvalue weighted by molar-refractivity contribution is 7.79. The van der Waals surface area contributed by atoms with Gasteiger partial charge >= 0.3 is 10.4 Å². The molecule has 0 rings (SSSR count). The largest absolute Gasteiger partial charge is 0.394 e. The molecule has 0 spiro atoms. The van der Waals surface area contributed by atoms with Gasteiger partial charge in [0.05, 0.1) is 6.07 Å². The zero-order valence-electron chi connectivity index (χ0n) is 7.72. The van der Waals surface area contributed by atoms with E-state index in [0.717, 1.165) is 0 Å². The molecule has 4 N–H and O–H groups in total. The third kappa shape index (κ3) is 14.2. The van der Waals surface area contributed by atoms with Crippen molar-refractivity contribution < 1.29 is 17.5 Å². The van der Waals surface area contributed by atoms with Crippen molar-refractivity contribution in [1.82, 2.24) is 0 Å². The second-order valence-electron chi connectivity index (χ2n) is 3.00. The van der Waals surface area contributed by atoms with Gasteiger partial charge in [0.15, 0.2) is 0 Å². The molecule has 78 valence electrons. The molecule has 0 unspecified atom stereocenters. The Morgan fingerprint density at radius 2 is 1.69 bits per heavy atom. The van der Waals surface area contributed by atoms with Crippen LogP contribution in [0, 0.1) is 17.2 Å². The minimum absolute atomic E-state index is 0.229. The molecular formula is C6H14N2O4S. The zero-order chi connectivity index (χ0) is 11.3. The summed E-state index contributed by atoms with van der Waals surface area (Å²) < 4.78 is 31.6. The van der Waals surface area contributed by atoms with Gasteiger partial charge in [0.2, 0.25) is 0 Å². The highest BCUT2D eigenvalue weighted by atomic mass is 32.3. The standard InChI is InChI=1S/C6H12N2.H2O4S/c1-5(2)6(3,8)4-7;1-5(2,3)4/h5H,8H2,1-3H3;(H2,1,2,3,4)/t6-;/m1./s1. The van der Waals surface area contributed by atoms with Crippen molar-refractivity contribution in [2.75, 3.05) is 0 Å². The molecule has 0 aliphatic carbocycles. The molecule has 7 heteroatoms. The van der Waals surface area contributed by atoms with Crippen molar-refractivity contribution in [2.45, 2.75) is 26.3 Å². The molecule has 6 nitrogen and oxygen atoms in total. The van der Waals surface area contributed by atoms with Crippen LogP contribution >= 0.6 is 0 Å². The molecule has 0 fully saturated rings. The first-order valence-electron chi connectivity index (χ1n) is 3.40.